The molecular formula is C6H2ClF3N2O2. The van der Waals surface area contributed by atoms with Gasteiger partial charge in [0.15, 0.2) is 11.0 Å². The van der Waals surface area contributed by atoms with Gasteiger partial charge >= 0.3 is 0 Å². The molecule has 0 saturated carbocycles. The molecule has 1 aromatic heterocycles. The van der Waals surface area contributed by atoms with Crippen molar-refractivity contribution < 1.29 is 18.1 Å². The lowest BCUT2D eigenvalue weighted by Crippen LogP contribution is -2.01. The van der Waals surface area contributed by atoms with Gasteiger partial charge in [-0.2, -0.15) is 0 Å². The Hall–Kier alpha value is -1.37. The van der Waals surface area contributed by atoms with Crippen LogP contribution in [0.25, 0.3) is 0 Å². The predicted octanol–water partition coefficient (Wildman–Crippen LogP) is 2.72. The summed E-state index contributed by atoms with van der Waals surface area (Å²) >= 11 is 5.09. The molecule has 0 fully saturated rings. The zero-order valence-corrected chi connectivity index (χ0v) is 7.13. The number of hydrogen-bond acceptors (Lipinski definition) is 3. The first-order valence-electron chi connectivity index (χ1n) is 3.21. The molecule has 0 aliphatic rings. The molecule has 0 aliphatic heterocycles. The molecule has 0 atom stereocenters. The van der Waals surface area contributed by atoms with E-state index >= 15 is 0 Å². The molecule has 0 saturated heterocycles. The van der Waals surface area contributed by atoms with Gasteiger partial charge in [-0.05, 0) is 0 Å². The Bertz CT molecular complexity index is 386. The fourth-order valence-corrected chi connectivity index (χ4v) is 0.971. The molecule has 76 valence electrons. The highest BCUT2D eigenvalue weighted by atomic mass is 35.5. The molecule has 0 bridgehead atoms. The van der Waals surface area contributed by atoms with Crippen molar-refractivity contribution in [2.24, 2.45) is 0 Å². The third-order valence-corrected chi connectivity index (χ3v) is 1.67. The van der Waals surface area contributed by atoms with Crippen LogP contribution in [0.15, 0.2) is 6.20 Å². The van der Waals surface area contributed by atoms with Gasteiger partial charge in [-0.1, -0.05) is 11.6 Å². The number of pyridine rings is 1. The van der Waals surface area contributed by atoms with E-state index in [0.29, 0.717) is 6.20 Å². The van der Waals surface area contributed by atoms with Crippen molar-refractivity contribution in [3.63, 3.8) is 0 Å². The highest BCUT2D eigenvalue weighted by Gasteiger charge is 2.28. The Balaban J connectivity index is 3.45. The number of halogens is 4. The van der Waals surface area contributed by atoms with Crippen molar-refractivity contribution >= 4 is 17.3 Å². The van der Waals surface area contributed by atoms with Gasteiger partial charge in [0.05, 0.1) is 4.92 Å². The maximum atomic E-state index is 12.9. The zero-order valence-electron chi connectivity index (χ0n) is 6.38. The SMILES string of the molecule is O=[N+]([O-])c1cnc(Cl)c(F)c1C(F)F. The van der Waals surface area contributed by atoms with Crippen molar-refractivity contribution in [2.75, 3.05) is 0 Å². The molecule has 8 heteroatoms. The quantitative estimate of drug-likeness (QED) is 0.443. The third kappa shape index (κ3) is 1.77. The fourth-order valence-electron chi connectivity index (χ4n) is 0.821. The van der Waals surface area contributed by atoms with E-state index < -0.39 is 33.6 Å². The maximum absolute atomic E-state index is 12.9. The Morgan fingerprint density at radius 2 is 2.14 bits per heavy atom. The zero-order chi connectivity index (χ0) is 10.9. The molecule has 0 radical (unpaired) electrons. The predicted molar refractivity (Wildman–Crippen MR) is 40.8 cm³/mol. The minimum absolute atomic E-state index is 0.493. The smallest absolute Gasteiger partial charge is 0.258 e. The molecular weight excluding hydrogens is 225 g/mol. The van der Waals surface area contributed by atoms with Crippen molar-refractivity contribution in [2.45, 2.75) is 6.43 Å². The summed E-state index contributed by atoms with van der Waals surface area (Å²) in [6.07, 6.45) is -2.82. The van der Waals surface area contributed by atoms with E-state index in [0.717, 1.165) is 0 Å². The summed E-state index contributed by atoms with van der Waals surface area (Å²) in [5.41, 5.74) is -2.42. The summed E-state index contributed by atoms with van der Waals surface area (Å²) in [6.45, 7) is 0. The van der Waals surface area contributed by atoms with E-state index in [1.807, 2.05) is 0 Å². The van der Waals surface area contributed by atoms with Crippen LogP contribution in [0.3, 0.4) is 0 Å². The van der Waals surface area contributed by atoms with Gasteiger partial charge in [0.25, 0.3) is 12.1 Å². The van der Waals surface area contributed by atoms with Crippen LogP contribution >= 0.6 is 11.6 Å². The molecule has 0 unspecified atom stereocenters. The Morgan fingerprint density at radius 3 is 2.57 bits per heavy atom. The maximum Gasteiger partial charge on any atom is 0.299 e. The standard InChI is InChI=1S/C6H2ClF3N2O2/c7-5-4(8)3(6(9)10)2(1-11-5)12(13)14/h1,6H. The number of aromatic nitrogens is 1. The first-order chi connectivity index (χ1) is 6.45. The van der Waals surface area contributed by atoms with Crippen LogP contribution in [-0.2, 0) is 0 Å². The van der Waals surface area contributed by atoms with Crippen LogP contribution in [-0.4, -0.2) is 9.91 Å². The van der Waals surface area contributed by atoms with Crippen molar-refractivity contribution in [1.29, 1.82) is 0 Å². The van der Waals surface area contributed by atoms with Crippen LogP contribution in [0.5, 0.6) is 0 Å². The lowest BCUT2D eigenvalue weighted by Gasteiger charge is -2.03. The van der Waals surface area contributed by atoms with E-state index in [-0.39, 0.29) is 0 Å². The molecule has 1 aromatic rings. The summed E-state index contributed by atoms with van der Waals surface area (Å²) in [7, 11) is 0. The van der Waals surface area contributed by atoms with Gasteiger partial charge in [0.1, 0.15) is 11.8 Å². The molecule has 14 heavy (non-hydrogen) atoms. The van der Waals surface area contributed by atoms with Crippen LogP contribution in [0.1, 0.15) is 12.0 Å². The number of nitro groups is 1. The second kappa shape index (κ2) is 3.79. The van der Waals surface area contributed by atoms with Gasteiger partial charge in [-0.15, -0.1) is 0 Å². The van der Waals surface area contributed by atoms with Crippen LogP contribution in [0.2, 0.25) is 5.15 Å². The highest BCUT2D eigenvalue weighted by molar-refractivity contribution is 6.29. The number of rotatable bonds is 2. The molecule has 0 N–H and O–H groups in total. The van der Waals surface area contributed by atoms with Crippen molar-refractivity contribution in [1.82, 2.24) is 4.98 Å². The van der Waals surface area contributed by atoms with Crippen molar-refractivity contribution in [3.05, 3.63) is 32.8 Å². The molecule has 0 aromatic carbocycles. The number of nitrogens with zero attached hydrogens (tertiary/aromatic N) is 2. The van der Waals surface area contributed by atoms with E-state index in [2.05, 4.69) is 4.98 Å². The summed E-state index contributed by atoms with van der Waals surface area (Å²) in [5, 5.41) is 9.40. The summed E-state index contributed by atoms with van der Waals surface area (Å²) in [6, 6.07) is 0. The second-order valence-electron chi connectivity index (χ2n) is 2.22. The van der Waals surface area contributed by atoms with E-state index in [1.54, 1.807) is 0 Å². The average Bonchev–Trinajstić information content (AvgIpc) is 2.08. The lowest BCUT2D eigenvalue weighted by atomic mass is 10.2. The van der Waals surface area contributed by atoms with Gasteiger partial charge in [-0.25, -0.2) is 18.2 Å². The second-order valence-corrected chi connectivity index (χ2v) is 2.58. The summed E-state index contributed by atoms with van der Waals surface area (Å²) < 4.78 is 37.3. The topological polar surface area (TPSA) is 56.0 Å². The Morgan fingerprint density at radius 1 is 1.57 bits per heavy atom. The number of hydrogen-bond donors (Lipinski definition) is 0. The molecule has 1 rings (SSSR count). The van der Waals surface area contributed by atoms with Crippen LogP contribution in [0, 0.1) is 15.9 Å². The molecule has 1 heterocycles. The molecule has 0 amide bonds. The summed E-state index contributed by atoms with van der Waals surface area (Å²) in [5.74, 6) is -1.56. The Kier molecular flexibility index (Phi) is 2.90. The number of alkyl halides is 2. The summed E-state index contributed by atoms with van der Waals surface area (Å²) in [4.78, 5) is 12.1. The molecule has 4 nitrogen and oxygen atoms in total. The van der Waals surface area contributed by atoms with Gasteiger partial charge in [0.2, 0.25) is 0 Å². The van der Waals surface area contributed by atoms with E-state index in [9.17, 15) is 23.3 Å². The van der Waals surface area contributed by atoms with Gasteiger partial charge < -0.3 is 0 Å². The molecule has 0 spiro atoms. The normalized spacial score (nSPS) is 10.6. The minimum Gasteiger partial charge on any atom is -0.258 e. The minimum atomic E-state index is -3.31. The highest BCUT2D eigenvalue weighted by Crippen LogP contribution is 2.32. The molecule has 0 aliphatic carbocycles. The van der Waals surface area contributed by atoms with Crippen LogP contribution < -0.4 is 0 Å². The van der Waals surface area contributed by atoms with Gasteiger partial charge in [-0.3, -0.25) is 10.1 Å². The van der Waals surface area contributed by atoms with Gasteiger partial charge in [0, 0.05) is 0 Å². The van der Waals surface area contributed by atoms with Crippen molar-refractivity contribution in [3.8, 4) is 0 Å². The third-order valence-electron chi connectivity index (χ3n) is 1.41. The largest absolute Gasteiger partial charge is 0.299 e. The average molecular weight is 227 g/mol. The first-order valence-corrected chi connectivity index (χ1v) is 3.59. The monoisotopic (exact) mass is 226 g/mol. The fraction of sp³-hybridized carbons (Fsp3) is 0.167. The van der Waals surface area contributed by atoms with E-state index in [4.69, 9.17) is 11.6 Å². The van der Waals surface area contributed by atoms with Crippen LogP contribution in [0.4, 0.5) is 18.9 Å². The Labute approximate surface area is 80.5 Å². The lowest BCUT2D eigenvalue weighted by molar-refractivity contribution is -0.386. The first kappa shape index (κ1) is 10.7. The van der Waals surface area contributed by atoms with E-state index in [1.165, 1.54) is 0 Å².